The molecule has 0 saturated carbocycles. The minimum absolute atomic E-state index is 0.0879. The molecule has 0 aliphatic carbocycles. The molecule has 22 heavy (non-hydrogen) atoms. The van der Waals surface area contributed by atoms with E-state index < -0.39 is 10.0 Å². The van der Waals surface area contributed by atoms with Crippen molar-refractivity contribution in [2.75, 3.05) is 12.4 Å². The van der Waals surface area contributed by atoms with Crippen LogP contribution in [0.3, 0.4) is 0 Å². The second-order valence-electron chi connectivity index (χ2n) is 4.88. The van der Waals surface area contributed by atoms with Gasteiger partial charge in [0.25, 0.3) is 5.56 Å². The molecule has 8 heteroatoms. The van der Waals surface area contributed by atoms with E-state index in [0.717, 1.165) is 11.3 Å². The Morgan fingerprint density at radius 2 is 2.00 bits per heavy atom. The lowest BCUT2D eigenvalue weighted by Gasteiger charge is -2.09. The quantitative estimate of drug-likeness (QED) is 0.759. The van der Waals surface area contributed by atoms with Crippen LogP contribution in [-0.2, 0) is 16.6 Å². The summed E-state index contributed by atoms with van der Waals surface area (Å²) < 4.78 is 25.4. The lowest BCUT2D eigenvalue weighted by Crippen LogP contribution is -2.19. The number of sulfonamides is 1. The Labute approximate surface area is 128 Å². The van der Waals surface area contributed by atoms with E-state index in [1.807, 2.05) is 19.9 Å². The van der Waals surface area contributed by atoms with Gasteiger partial charge in [0.1, 0.15) is 10.7 Å². The summed E-state index contributed by atoms with van der Waals surface area (Å²) in [4.78, 5) is 18.8. The number of anilines is 1. The molecule has 2 rings (SSSR count). The molecule has 0 saturated heterocycles. The van der Waals surface area contributed by atoms with Crippen molar-refractivity contribution in [3.8, 4) is 0 Å². The van der Waals surface area contributed by atoms with Crippen LogP contribution in [0.2, 0.25) is 0 Å². The van der Waals surface area contributed by atoms with Crippen molar-refractivity contribution in [1.29, 1.82) is 0 Å². The molecule has 0 fully saturated rings. The summed E-state index contributed by atoms with van der Waals surface area (Å²) in [6.45, 7) is 4.01. The van der Waals surface area contributed by atoms with E-state index in [1.165, 1.54) is 19.3 Å². The van der Waals surface area contributed by atoms with Crippen LogP contribution in [0.25, 0.3) is 0 Å². The molecular formula is C14H18N4O3S. The lowest BCUT2D eigenvalue weighted by atomic mass is 10.1. The fourth-order valence-electron chi connectivity index (χ4n) is 2.04. The fourth-order valence-corrected chi connectivity index (χ4v) is 2.72. The van der Waals surface area contributed by atoms with Crippen molar-refractivity contribution in [2.24, 2.45) is 0 Å². The molecule has 0 aliphatic rings. The number of aromatic amines is 1. The maximum Gasteiger partial charge on any atom is 0.253 e. The zero-order valence-electron chi connectivity index (χ0n) is 12.6. The molecule has 0 bridgehead atoms. The summed E-state index contributed by atoms with van der Waals surface area (Å²) in [6.07, 6.45) is 1.26. The van der Waals surface area contributed by atoms with Gasteiger partial charge in [-0.2, -0.15) is 0 Å². The van der Waals surface area contributed by atoms with Crippen LogP contribution in [-0.4, -0.2) is 25.4 Å². The standard InChI is InChI=1S/C14H18N4O3S/c1-9-6-10(2)18-14(19)12(9)8-17-13-5-4-11(7-16-13)22(20,21)15-3/h4-7,15H,8H2,1-3H3,(H,16,17)(H,18,19). The molecule has 7 nitrogen and oxygen atoms in total. The van der Waals surface area contributed by atoms with Gasteiger partial charge < -0.3 is 10.3 Å². The molecule has 0 unspecified atom stereocenters. The van der Waals surface area contributed by atoms with Crippen LogP contribution < -0.4 is 15.6 Å². The van der Waals surface area contributed by atoms with E-state index in [9.17, 15) is 13.2 Å². The van der Waals surface area contributed by atoms with Crippen molar-refractivity contribution in [1.82, 2.24) is 14.7 Å². The van der Waals surface area contributed by atoms with Gasteiger partial charge in [0.2, 0.25) is 10.0 Å². The van der Waals surface area contributed by atoms with Crippen LogP contribution in [0.4, 0.5) is 5.82 Å². The summed E-state index contributed by atoms with van der Waals surface area (Å²) in [6, 6.07) is 4.91. The van der Waals surface area contributed by atoms with E-state index in [2.05, 4.69) is 20.0 Å². The summed E-state index contributed by atoms with van der Waals surface area (Å²) in [5.41, 5.74) is 2.19. The zero-order valence-corrected chi connectivity index (χ0v) is 13.4. The third-order valence-electron chi connectivity index (χ3n) is 3.26. The number of aromatic nitrogens is 2. The predicted octanol–water partition coefficient (Wildman–Crippen LogP) is 0.907. The Morgan fingerprint density at radius 1 is 1.27 bits per heavy atom. The summed E-state index contributed by atoms with van der Waals surface area (Å²) in [5, 5.41) is 3.01. The van der Waals surface area contributed by atoms with E-state index in [1.54, 1.807) is 6.07 Å². The molecular weight excluding hydrogens is 304 g/mol. The highest BCUT2D eigenvalue weighted by Gasteiger charge is 2.11. The van der Waals surface area contributed by atoms with Crippen LogP contribution in [0, 0.1) is 13.8 Å². The Kier molecular flexibility index (Phi) is 4.62. The summed E-state index contributed by atoms with van der Waals surface area (Å²) >= 11 is 0. The average molecular weight is 322 g/mol. The zero-order chi connectivity index (χ0) is 16.3. The molecule has 2 heterocycles. The van der Waals surface area contributed by atoms with E-state index >= 15 is 0 Å². The van der Waals surface area contributed by atoms with E-state index in [-0.39, 0.29) is 10.5 Å². The third-order valence-corrected chi connectivity index (χ3v) is 4.66. The fraction of sp³-hybridized carbons (Fsp3) is 0.286. The van der Waals surface area contributed by atoms with Crippen molar-refractivity contribution >= 4 is 15.8 Å². The van der Waals surface area contributed by atoms with Crippen molar-refractivity contribution in [3.63, 3.8) is 0 Å². The maximum absolute atomic E-state index is 11.9. The molecule has 118 valence electrons. The normalized spacial score (nSPS) is 11.4. The van der Waals surface area contributed by atoms with Gasteiger partial charge >= 0.3 is 0 Å². The highest BCUT2D eigenvalue weighted by Crippen LogP contribution is 2.11. The van der Waals surface area contributed by atoms with Crippen LogP contribution in [0.1, 0.15) is 16.8 Å². The van der Waals surface area contributed by atoms with Crippen LogP contribution in [0.15, 0.2) is 34.1 Å². The molecule has 0 spiro atoms. The van der Waals surface area contributed by atoms with Crippen LogP contribution >= 0.6 is 0 Å². The van der Waals surface area contributed by atoms with Gasteiger partial charge in [0, 0.05) is 24.0 Å². The molecule has 0 amide bonds. The number of aryl methyl sites for hydroxylation is 2. The summed E-state index contributed by atoms with van der Waals surface area (Å²) in [7, 11) is -2.15. The predicted molar refractivity (Wildman–Crippen MR) is 84.3 cm³/mol. The number of hydrogen-bond donors (Lipinski definition) is 3. The second-order valence-corrected chi connectivity index (χ2v) is 6.77. The largest absolute Gasteiger partial charge is 0.366 e. The number of nitrogens with zero attached hydrogens (tertiary/aromatic N) is 1. The minimum Gasteiger partial charge on any atom is -0.366 e. The van der Waals surface area contributed by atoms with Gasteiger partial charge in [-0.25, -0.2) is 18.1 Å². The SMILES string of the molecule is CNS(=O)(=O)c1ccc(NCc2c(C)cc(C)[nH]c2=O)nc1. The Hall–Kier alpha value is -2.19. The molecule has 0 aromatic carbocycles. The molecule has 2 aromatic heterocycles. The topological polar surface area (TPSA) is 104 Å². The molecule has 0 radical (unpaired) electrons. The monoisotopic (exact) mass is 322 g/mol. The van der Waals surface area contributed by atoms with Crippen molar-refractivity contribution in [3.05, 3.63) is 51.6 Å². The molecule has 0 aliphatic heterocycles. The molecule has 0 atom stereocenters. The van der Waals surface area contributed by atoms with Gasteiger partial charge in [-0.05, 0) is 44.7 Å². The van der Waals surface area contributed by atoms with Gasteiger partial charge in [-0.3, -0.25) is 4.79 Å². The summed E-state index contributed by atoms with van der Waals surface area (Å²) in [5.74, 6) is 0.495. The smallest absolute Gasteiger partial charge is 0.253 e. The number of rotatable bonds is 5. The molecule has 2 aromatic rings. The Bertz CT molecular complexity index is 826. The Morgan fingerprint density at radius 3 is 2.55 bits per heavy atom. The number of nitrogens with one attached hydrogen (secondary N) is 3. The van der Waals surface area contributed by atoms with Gasteiger partial charge in [0.05, 0.1) is 0 Å². The van der Waals surface area contributed by atoms with E-state index in [0.29, 0.717) is 17.9 Å². The minimum atomic E-state index is -3.50. The van der Waals surface area contributed by atoms with E-state index in [4.69, 9.17) is 0 Å². The maximum atomic E-state index is 11.9. The lowest BCUT2D eigenvalue weighted by molar-refractivity contribution is 0.588. The Balaban J connectivity index is 2.15. The first kappa shape index (κ1) is 16.2. The van der Waals surface area contributed by atoms with Gasteiger partial charge in [-0.15, -0.1) is 0 Å². The van der Waals surface area contributed by atoms with Crippen molar-refractivity contribution in [2.45, 2.75) is 25.3 Å². The first-order chi connectivity index (χ1) is 10.3. The number of hydrogen-bond acceptors (Lipinski definition) is 5. The van der Waals surface area contributed by atoms with Gasteiger partial charge in [-0.1, -0.05) is 0 Å². The average Bonchev–Trinajstić information content (AvgIpc) is 2.46. The van der Waals surface area contributed by atoms with Crippen molar-refractivity contribution < 1.29 is 8.42 Å². The first-order valence-corrected chi connectivity index (χ1v) is 8.14. The second kappa shape index (κ2) is 6.29. The highest BCUT2D eigenvalue weighted by molar-refractivity contribution is 7.89. The number of H-pyrrole nitrogens is 1. The number of pyridine rings is 2. The first-order valence-electron chi connectivity index (χ1n) is 6.66. The van der Waals surface area contributed by atoms with Gasteiger partial charge in [0.15, 0.2) is 0 Å². The third kappa shape index (κ3) is 3.52. The highest BCUT2D eigenvalue weighted by atomic mass is 32.2. The van der Waals surface area contributed by atoms with Crippen LogP contribution in [0.5, 0.6) is 0 Å². The molecule has 3 N–H and O–H groups in total.